The zero-order valence-corrected chi connectivity index (χ0v) is 8.98. The molecule has 2 aromatic rings. The topological polar surface area (TPSA) is 77.2 Å². The largest absolute Gasteiger partial charge is 0.481 e. The highest BCUT2D eigenvalue weighted by atomic mass is 16.5. The molecule has 17 heavy (non-hydrogen) atoms. The number of carbonyl (C=O) groups is 1. The van der Waals surface area contributed by atoms with E-state index in [-0.39, 0.29) is 19.0 Å². The summed E-state index contributed by atoms with van der Waals surface area (Å²) >= 11 is 0. The van der Waals surface area contributed by atoms with Gasteiger partial charge in [-0.25, -0.2) is 4.68 Å². The SMILES string of the molecule is O=C(O)CCOc1ncn(-c2ccccc2)n1. The van der Waals surface area contributed by atoms with Crippen LogP contribution < -0.4 is 4.74 Å². The summed E-state index contributed by atoms with van der Waals surface area (Å²) in [5.74, 6) is -0.910. The van der Waals surface area contributed by atoms with E-state index in [1.807, 2.05) is 30.3 Å². The summed E-state index contributed by atoms with van der Waals surface area (Å²) in [5, 5.41) is 12.5. The van der Waals surface area contributed by atoms with E-state index in [1.165, 1.54) is 6.33 Å². The first kappa shape index (κ1) is 11.1. The van der Waals surface area contributed by atoms with Crippen LogP contribution in [0.25, 0.3) is 5.69 Å². The lowest BCUT2D eigenvalue weighted by Gasteiger charge is -1.99. The van der Waals surface area contributed by atoms with Crippen molar-refractivity contribution in [3.05, 3.63) is 36.7 Å². The van der Waals surface area contributed by atoms with Crippen molar-refractivity contribution >= 4 is 5.97 Å². The van der Waals surface area contributed by atoms with Crippen LogP contribution in [0.3, 0.4) is 0 Å². The van der Waals surface area contributed by atoms with Crippen LogP contribution in [0.15, 0.2) is 36.7 Å². The van der Waals surface area contributed by atoms with Gasteiger partial charge in [0, 0.05) is 0 Å². The summed E-state index contributed by atoms with van der Waals surface area (Å²) in [7, 11) is 0. The molecule has 1 N–H and O–H groups in total. The number of ether oxygens (including phenoxy) is 1. The lowest BCUT2D eigenvalue weighted by atomic mass is 10.3. The summed E-state index contributed by atoms with van der Waals surface area (Å²) in [6.07, 6.45) is 1.45. The van der Waals surface area contributed by atoms with Crippen molar-refractivity contribution in [1.82, 2.24) is 14.8 Å². The molecule has 0 aliphatic rings. The van der Waals surface area contributed by atoms with Crippen molar-refractivity contribution in [2.24, 2.45) is 0 Å². The maximum absolute atomic E-state index is 10.3. The molecule has 0 bridgehead atoms. The monoisotopic (exact) mass is 233 g/mol. The van der Waals surface area contributed by atoms with Gasteiger partial charge in [-0.1, -0.05) is 18.2 Å². The zero-order valence-electron chi connectivity index (χ0n) is 8.98. The number of hydrogen-bond donors (Lipinski definition) is 1. The average Bonchev–Trinajstić information content (AvgIpc) is 2.78. The third kappa shape index (κ3) is 3.04. The van der Waals surface area contributed by atoms with Gasteiger partial charge in [-0.2, -0.15) is 4.98 Å². The summed E-state index contributed by atoms with van der Waals surface area (Å²) in [6.45, 7) is 0.0636. The maximum atomic E-state index is 10.3. The fourth-order valence-electron chi connectivity index (χ4n) is 1.25. The zero-order chi connectivity index (χ0) is 12.1. The second kappa shape index (κ2) is 5.11. The van der Waals surface area contributed by atoms with Crippen LogP contribution >= 0.6 is 0 Å². The molecule has 1 aromatic heterocycles. The van der Waals surface area contributed by atoms with Crippen molar-refractivity contribution in [2.45, 2.75) is 6.42 Å². The van der Waals surface area contributed by atoms with Gasteiger partial charge < -0.3 is 9.84 Å². The van der Waals surface area contributed by atoms with Crippen molar-refractivity contribution in [2.75, 3.05) is 6.61 Å². The standard InChI is InChI=1S/C11H11N3O3/c15-10(16)6-7-17-11-12-8-14(13-11)9-4-2-1-3-5-9/h1-5,8H,6-7H2,(H,15,16). The molecular formula is C11H11N3O3. The third-order valence-corrected chi connectivity index (χ3v) is 2.04. The second-order valence-corrected chi connectivity index (χ2v) is 3.30. The molecule has 6 heteroatoms. The lowest BCUT2D eigenvalue weighted by molar-refractivity contribution is -0.137. The minimum absolute atomic E-state index is 0.0636. The lowest BCUT2D eigenvalue weighted by Crippen LogP contribution is -2.06. The summed E-state index contributed by atoms with van der Waals surface area (Å²) in [5.41, 5.74) is 0.869. The molecule has 88 valence electrons. The number of carboxylic acid groups (broad SMARTS) is 1. The van der Waals surface area contributed by atoms with E-state index in [0.29, 0.717) is 0 Å². The first-order valence-electron chi connectivity index (χ1n) is 5.07. The van der Waals surface area contributed by atoms with Crippen molar-refractivity contribution in [3.63, 3.8) is 0 Å². The maximum Gasteiger partial charge on any atom is 0.335 e. The first-order valence-corrected chi connectivity index (χ1v) is 5.07. The quantitative estimate of drug-likeness (QED) is 0.837. The number of carboxylic acids is 1. The van der Waals surface area contributed by atoms with Crippen molar-refractivity contribution in [1.29, 1.82) is 0 Å². The number of rotatable bonds is 5. The first-order chi connectivity index (χ1) is 8.25. The minimum Gasteiger partial charge on any atom is -0.481 e. The average molecular weight is 233 g/mol. The van der Waals surface area contributed by atoms with Crippen LogP contribution in [0.4, 0.5) is 0 Å². The number of benzene rings is 1. The van der Waals surface area contributed by atoms with Crippen LogP contribution in [-0.2, 0) is 4.79 Å². The van der Waals surface area contributed by atoms with Crippen LogP contribution in [0.1, 0.15) is 6.42 Å². The molecule has 0 aliphatic carbocycles. The highest BCUT2D eigenvalue weighted by Crippen LogP contribution is 2.08. The minimum atomic E-state index is -0.910. The van der Waals surface area contributed by atoms with E-state index in [2.05, 4.69) is 10.1 Å². The molecule has 0 atom stereocenters. The second-order valence-electron chi connectivity index (χ2n) is 3.30. The van der Waals surface area contributed by atoms with Gasteiger partial charge in [0.25, 0.3) is 0 Å². The van der Waals surface area contributed by atoms with Crippen LogP contribution in [-0.4, -0.2) is 32.4 Å². The van der Waals surface area contributed by atoms with Gasteiger partial charge in [0.05, 0.1) is 12.1 Å². The number of para-hydroxylation sites is 1. The molecule has 0 spiro atoms. The Morgan fingerprint density at radius 1 is 1.35 bits per heavy atom. The molecule has 1 aromatic carbocycles. The molecule has 0 aliphatic heterocycles. The smallest absolute Gasteiger partial charge is 0.335 e. The summed E-state index contributed by atoms with van der Waals surface area (Å²) in [6, 6.07) is 9.63. The number of aliphatic carboxylic acids is 1. The number of nitrogens with zero attached hydrogens (tertiary/aromatic N) is 3. The van der Waals surface area contributed by atoms with Crippen LogP contribution in [0.2, 0.25) is 0 Å². The molecule has 2 rings (SSSR count). The Balaban J connectivity index is 1.99. The molecular weight excluding hydrogens is 222 g/mol. The number of aromatic nitrogens is 3. The summed E-state index contributed by atoms with van der Waals surface area (Å²) in [4.78, 5) is 14.2. The molecule has 0 fully saturated rings. The van der Waals surface area contributed by atoms with Gasteiger partial charge in [-0.3, -0.25) is 4.79 Å². The predicted molar refractivity (Wildman–Crippen MR) is 59.1 cm³/mol. The fraction of sp³-hybridized carbons (Fsp3) is 0.182. The van der Waals surface area contributed by atoms with Crippen LogP contribution in [0.5, 0.6) is 6.01 Å². The number of hydrogen-bond acceptors (Lipinski definition) is 4. The molecule has 0 saturated heterocycles. The van der Waals surface area contributed by atoms with Gasteiger partial charge in [-0.15, -0.1) is 5.10 Å². The molecule has 0 unspecified atom stereocenters. The van der Waals surface area contributed by atoms with Gasteiger partial charge >= 0.3 is 12.0 Å². The van der Waals surface area contributed by atoms with Crippen molar-refractivity contribution in [3.8, 4) is 11.7 Å². The van der Waals surface area contributed by atoms with E-state index < -0.39 is 5.97 Å². The molecule has 0 amide bonds. The Bertz CT molecular complexity index is 496. The van der Waals surface area contributed by atoms with Gasteiger partial charge in [0.15, 0.2) is 0 Å². The van der Waals surface area contributed by atoms with E-state index in [0.717, 1.165) is 5.69 Å². The highest BCUT2D eigenvalue weighted by Gasteiger charge is 2.04. The Hall–Kier alpha value is -2.37. The molecule has 0 radical (unpaired) electrons. The van der Waals surface area contributed by atoms with E-state index in [1.54, 1.807) is 4.68 Å². The van der Waals surface area contributed by atoms with E-state index >= 15 is 0 Å². The molecule has 1 heterocycles. The Labute approximate surface area is 97.5 Å². The van der Waals surface area contributed by atoms with E-state index in [9.17, 15) is 4.79 Å². The fourth-order valence-corrected chi connectivity index (χ4v) is 1.25. The van der Waals surface area contributed by atoms with Gasteiger partial charge in [0.2, 0.25) is 0 Å². The van der Waals surface area contributed by atoms with E-state index in [4.69, 9.17) is 9.84 Å². The summed E-state index contributed by atoms with van der Waals surface area (Å²) < 4.78 is 6.66. The van der Waals surface area contributed by atoms with Gasteiger partial charge in [-0.05, 0) is 12.1 Å². The third-order valence-electron chi connectivity index (χ3n) is 2.04. The molecule has 0 saturated carbocycles. The normalized spacial score (nSPS) is 10.1. The molecule has 6 nitrogen and oxygen atoms in total. The Morgan fingerprint density at radius 2 is 2.12 bits per heavy atom. The highest BCUT2D eigenvalue weighted by molar-refractivity contribution is 5.66. The van der Waals surface area contributed by atoms with Crippen LogP contribution in [0, 0.1) is 0 Å². The van der Waals surface area contributed by atoms with Crippen molar-refractivity contribution < 1.29 is 14.6 Å². The van der Waals surface area contributed by atoms with Gasteiger partial charge in [0.1, 0.15) is 12.9 Å². The predicted octanol–water partition coefficient (Wildman–Crippen LogP) is 1.12. The Morgan fingerprint density at radius 3 is 2.82 bits per heavy atom. The Kier molecular flexibility index (Phi) is 3.34.